The van der Waals surface area contributed by atoms with Gasteiger partial charge in [0.15, 0.2) is 0 Å². The number of carbonyl (C=O) groups excluding carboxylic acids is 1. The summed E-state index contributed by atoms with van der Waals surface area (Å²) in [7, 11) is 3.99. The van der Waals surface area contributed by atoms with Crippen LogP contribution in [0.1, 0.15) is 26.2 Å². The van der Waals surface area contributed by atoms with E-state index in [1.807, 2.05) is 24.1 Å². The molecule has 2 heterocycles. The number of rotatable bonds is 6. The number of anilines is 2. The maximum Gasteiger partial charge on any atom is 0.317 e. The Balaban J connectivity index is 1.60. The average Bonchev–Trinajstić information content (AvgIpc) is 2.73. The van der Waals surface area contributed by atoms with Crippen LogP contribution in [-0.4, -0.2) is 86.2 Å². The number of carboxylic acid groups (broad SMARTS) is 1. The normalized spacial score (nSPS) is 23.8. The van der Waals surface area contributed by atoms with Crippen molar-refractivity contribution in [1.82, 2.24) is 9.80 Å². The smallest absolute Gasteiger partial charge is 0.317 e. The molecule has 7 heteroatoms. The number of carboxylic acids is 1. The van der Waals surface area contributed by atoms with Gasteiger partial charge in [-0.25, -0.2) is 0 Å². The summed E-state index contributed by atoms with van der Waals surface area (Å²) in [5.41, 5.74) is 2.12. The topological polar surface area (TPSA) is 67.3 Å². The fourth-order valence-electron chi connectivity index (χ4n) is 4.48. The van der Waals surface area contributed by atoms with Crippen LogP contribution in [-0.2, 0) is 9.59 Å². The number of piperidine rings is 1. The van der Waals surface area contributed by atoms with Crippen molar-refractivity contribution in [3.8, 4) is 0 Å². The minimum atomic E-state index is -0.800. The molecule has 7 nitrogen and oxygen atoms in total. The monoisotopic (exact) mass is 402 g/mol. The lowest BCUT2D eigenvalue weighted by atomic mass is 9.88. The molecular weight excluding hydrogens is 368 g/mol. The van der Waals surface area contributed by atoms with E-state index < -0.39 is 5.97 Å². The molecule has 1 amide bonds. The predicted octanol–water partition coefficient (Wildman–Crippen LogP) is 1.98. The van der Waals surface area contributed by atoms with E-state index in [-0.39, 0.29) is 24.4 Å². The number of likely N-dealkylation sites (N-methyl/N-ethyl adjacent to an activating group) is 1. The zero-order chi connectivity index (χ0) is 21.0. The molecule has 0 aromatic heterocycles. The van der Waals surface area contributed by atoms with Crippen molar-refractivity contribution in [2.24, 2.45) is 5.92 Å². The van der Waals surface area contributed by atoms with Crippen molar-refractivity contribution in [2.75, 3.05) is 63.2 Å². The Morgan fingerprint density at radius 3 is 2.34 bits per heavy atom. The van der Waals surface area contributed by atoms with Gasteiger partial charge in [-0.05, 0) is 57.1 Å². The van der Waals surface area contributed by atoms with E-state index in [1.165, 1.54) is 5.69 Å². The third-order valence-corrected chi connectivity index (χ3v) is 6.43. The molecule has 0 aliphatic carbocycles. The number of carbonyl (C=O) groups is 2. The Hall–Kier alpha value is -2.12. The first kappa shape index (κ1) is 21.6. The molecule has 2 saturated heterocycles. The molecule has 0 radical (unpaired) electrons. The van der Waals surface area contributed by atoms with Crippen LogP contribution in [0.3, 0.4) is 0 Å². The molecule has 1 aromatic carbocycles. The molecular formula is C22H34N4O3. The number of likely N-dealkylation sites (tertiary alicyclic amines) is 1. The van der Waals surface area contributed by atoms with Gasteiger partial charge < -0.3 is 19.8 Å². The molecule has 160 valence electrons. The van der Waals surface area contributed by atoms with Crippen molar-refractivity contribution >= 4 is 23.3 Å². The van der Waals surface area contributed by atoms with Crippen LogP contribution in [0.5, 0.6) is 0 Å². The first-order valence-electron chi connectivity index (χ1n) is 10.7. The number of aliphatic carboxylic acids is 1. The minimum Gasteiger partial charge on any atom is -0.480 e. The third-order valence-electron chi connectivity index (χ3n) is 6.43. The number of amides is 1. The van der Waals surface area contributed by atoms with Gasteiger partial charge in [0.2, 0.25) is 5.91 Å². The van der Waals surface area contributed by atoms with Crippen LogP contribution in [0.25, 0.3) is 0 Å². The average molecular weight is 403 g/mol. The summed E-state index contributed by atoms with van der Waals surface area (Å²) < 4.78 is 0. The van der Waals surface area contributed by atoms with E-state index in [1.54, 1.807) is 4.90 Å². The Bertz CT molecular complexity index is 701. The van der Waals surface area contributed by atoms with Crippen LogP contribution in [0.4, 0.5) is 11.4 Å². The summed E-state index contributed by atoms with van der Waals surface area (Å²) in [6.45, 7) is 6.97. The number of hydrogen-bond donors (Lipinski definition) is 1. The second kappa shape index (κ2) is 9.59. The second-order valence-electron chi connectivity index (χ2n) is 8.35. The third kappa shape index (κ3) is 5.28. The lowest BCUT2D eigenvalue weighted by Gasteiger charge is -2.38. The summed E-state index contributed by atoms with van der Waals surface area (Å²) in [5, 5.41) is 9.10. The number of hydrogen-bond acceptors (Lipinski definition) is 5. The van der Waals surface area contributed by atoms with Gasteiger partial charge in [-0.1, -0.05) is 6.92 Å². The standard InChI is InChI=1S/C22H34N4O3/c1-4-18-15-17(9-10-26(18)16-21(27)28)22(29)24(3)19-5-7-20(8-6-19)25-13-11-23(2)12-14-25/h5-8,17-18H,4,9-16H2,1-3H3,(H,27,28). The fraction of sp³-hybridized carbons (Fsp3) is 0.636. The van der Waals surface area contributed by atoms with E-state index in [0.717, 1.165) is 44.7 Å². The van der Waals surface area contributed by atoms with E-state index in [2.05, 4.69) is 35.9 Å². The van der Waals surface area contributed by atoms with Gasteiger partial charge in [-0.2, -0.15) is 0 Å². The molecule has 2 aliphatic rings. The molecule has 29 heavy (non-hydrogen) atoms. The summed E-state index contributed by atoms with van der Waals surface area (Å²) in [6.07, 6.45) is 2.30. The van der Waals surface area contributed by atoms with Crippen LogP contribution in [0.2, 0.25) is 0 Å². The molecule has 1 aromatic rings. The van der Waals surface area contributed by atoms with Crippen molar-refractivity contribution < 1.29 is 14.7 Å². The minimum absolute atomic E-state index is 0.0488. The molecule has 0 spiro atoms. The van der Waals surface area contributed by atoms with Crippen LogP contribution in [0, 0.1) is 5.92 Å². The van der Waals surface area contributed by atoms with Gasteiger partial charge in [-0.15, -0.1) is 0 Å². The molecule has 2 unspecified atom stereocenters. The Morgan fingerprint density at radius 1 is 1.10 bits per heavy atom. The Morgan fingerprint density at radius 2 is 1.76 bits per heavy atom. The van der Waals surface area contributed by atoms with E-state index in [4.69, 9.17) is 5.11 Å². The van der Waals surface area contributed by atoms with E-state index in [0.29, 0.717) is 13.0 Å². The van der Waals surface area contributed by atoms with Crippen molar-refractivity contribution in [3.63, 3.8) is 0 Å². The van der Waals surface area contributed by atoms with Crippen molar-refractivity contribution in [1.29, 1.82) is 0 Å². The molecule has 3 rings (SSSR count). The van der Waals surface area contributed by atoms with Crippen LogP contribution >= 0.6 is 0 Å². The highest BCUT2D eigenvalue weighted by atomic mass is 16.4. The van der Waals surface area contributed by atoms with Crippen LogP contribution in [0.15, 0.2) is 24.3 Å². The van der Waals surface area contributed by atoms with Gasteiger partial charge in [0.1, 0.15) is 0 Å². The first-order valence-corrected chi connectivity index (χ1v) is 10.7. The number of nitrogens with zero attached hydrogens (tertiary/aromatic N) is 4. The van der Waals surface area contributed by atoms with E-state index >= 15 is 0 Å². The maximum atomic E-state index is 13.1. The first-order chi connectivity index (χ1) is 13.9. The zero-order valence-corrected chi connectivity index (χ0v) is 17.9. The van der Waals surface area contributed by atoms with E-state index in [9.17, 15) is 9.59 Å². The number of benzene rings is 1. The molecule has 0 bridgehead atoms. The highest BCUT2D eigenvalue weighted by Crippen LogP contribution is 2.28. The van der Waals surface area contributed by atoms with Gasteiger partial charge in [0.05, 0.1) is 6.54 Å². The summed E-state index contributed by atoms with van der Waals surface area (Å²) in [6, 6.07) is 8.43. The molecule has 1 N–H and O–H groups in total. The summed E-state index contributed by atoms with van der Waals surface area (Å²) >= 11 is 0. The highest BCUT2D eigenvalue weighted by molar-refractivity contribution is 5.94. The van der Waals surface area contributed by atoms with Gasteiger partial charge in [0, 0.05) is 56.6 Å². The maximum absolute atomic E-state index is 13.1. The lowest BCUT2D eigenvalue weighted by Crippen LogP contribution is -2.48. The predicted molar refractivity (Wildman–Crippen MR) is 116 cm³/mol. The fourth-order valence-corrected chi connectivity index (χ4v) is 4.48. The molecule has 2 aliphatic heterocycles. The number of piperazine rings is 1. The quantitative estimate of drug-likeness (QED) is 0.785. The second-order valence-corrected chi connectivity index (χ2v) is 8.35. The van der Waals surface area contributed by atoms with Crippen molar-refractivity contribution in [2.45, 2.75) is 32.2 Å². The van der Waals surface area contributed by atoms with Crippen LogP contribution < -0.4 is 9.80 Å². The Labute approximate surface area is 173 Å². The summed E-state index contributed by atoms with van der Waals surface area (Å²) in [4.78, 5) is 32.6. The van der Waals surface area contributed by atoms with Gasteiger partial charge in [-0.3, -0.25) is 14.5 Å². The largest absolute Gasteiger partial charge is 0.480 e. The lowest BCUT2D eigenvalue weighted by molar-refractivity contribution is -0.139. The molecule has 2 atom stereocenters. The van der Waals surface area contributed by atoms with Crippen molar-refractivity contribution in [3.05, 3.63) is 24.3 Å². The Kier molecular flexibility index (Phi) is 7.14. The molecule has 2 fully saturated rings. The van der Waals surface area contributed by atoms with Gasteiger partial charge >= 0.3 is 5.97 Å². The zero-order valence-electron chi connectivity index (χ0n) is 17.9. The van der Waals surface area contributed by atoms with Gasteiger partial charge in [0.25, 0.3) is 0 Å². The highest BCUT2D eigenvalue weighted by Gasteiger charge is 2.33. The SMILES string of the molecule is CCC1CC(C(=O)N(C)c2ccc(N3CCN(C)CC3)cc2)CCN1CC(=O)O. The molecule has 0 saturated carbocycles. The summed E-state index contributed by atoms with van der Waals surface area (Å²) in [5.74, 6) is -0.719.